The molecule has 2 heterocycles. The highest BCUT2D eigenvalue weighted by Crippen LogP contribution is 2.22. The van der Waals surface area contributed by atoms with E-state index in [1.54, 1.807) is 6.33 Å². The van der Waals surface area contributed by atoms with Crippen LogP contribution in [-0.4, -0.2) is 20.4 Å². The quantitative estimate of drug-likeness (QED) is 0.629. The molecule has 4 aromatic rings. The van der Waals surface area contributed by atoms with Gasteiger partial charge in [0.15, 0.2) is 0 Å². The second-order valence-corrected chi connectivity index (χ2v) is 5.73. The second kappa shape index (κ2) is 5.77. The van der Waals surface area contributed by atoms with Gasteiger partial charge in [-0.3, -0.25) is 9.78 Å². The number of anilines is 1. The Labute approximate surface area is 139 Å². The Balaban J connectivity index is 1.60. The molecule has 1 N–H and O–H groups in total. The number of carbonyl (C=O) groups excluding carboxylic acids is 1. The molecule has 0 atom stereocenters. The van der Waals surface area contributed by atoms with Crippen LogP contribution in [-0.2, 0) is 11.3 Å². The van der Waals surface area contributed by atoms with Crippen LogP contribution >= 0.6 is 0 Å². The highest BCUT2D eigenvalue weighted by Gasteiger charge is 2.09. The van der Waals surface area contributed by atoms with E-state index in [2.05, 4.69) is 15.3 Å². The van der Waals surface area contributed by atoms with Crippen LogP contribution in [0.15, 0.2) is 60.9 Å². The maximum Gasteiger partial charge on any atom is 0.244 e. The fourth-order valence-electron chi connectivity index (χ4n) is 2.85. The van der Waals surface area contributed by atoms with Crippen LogP contribution in [0.5, 0.6) is 0 Å². The van der Waals surface area contributed by atoms with E-state index in [0.717, 1.165) is 33.3 Å². The molecule has 118 valence electrons. The minimum absolute atomic E-state index is 0.0915. The third-order valence-corrected chi connectivity index (χ3v) is 3.99. The van der Waals surface area contributed by atoms with Crippen molar-refractivity contribution in [2.24, 2.45) is 0 Å². The van der Waals surface area contributed by atoms with E-state index >= 15 is 0 Å². The number of nitrogens with zero attached hydrogens (tertiary/aromatic N) is 3. The molecule has 0 saturated heterocycles. The number of rotatable bonds is 3. The molecule has 5 nitrogen and oxygen atoms in total. The third kappa shape index (κ3) is 2.60. The zero-order valence-electron chi connectivity index (χ0n) is 13.2. The van der Waals surface area contributed by atoms with Crippen molar-refractivity contribution in [2.75, 3.05) is 5.32 Å². The van der Waals surface area contributed by atoms with Crippen LogP contribution in [0.2, 0.25) is 0 Å². The Morgan fingerprint density at radius 1 is 1.04 bits per heavy atom. The largest absolute Gasteiger partial charge is 0.324 e. The summed E-state index contributed by atoms with van der Waals surface area (Å²) in [4.78, 5) is 21.3. The van der Waals surface area contributed by atoms with Crippen molar-refractivity contribution < 1.29 is 4.79 Å². The van der Waals surface area contributed by atoms with Gasteiger partial charge in [-0.05, 0) is 43.3 Å². The van der Waals surface area contributed by atoms with Crippen LogP contribution < -0.4 is 5.32 Å². The smallest absolute Gasteiger partial charge is 0.244 e. The van der Waals surface area contributed by atoms with E-state index in [0.29, 0.717) is 0 Å². The molecule has 2 aromatic heterocycles. The Kier molecular flexibility index (Phi) is 3.46. The van der Waals surface area contributed by atoms with Gasteiger partial charge in [-0.1, -0.05) is 18.2 Å². The van der Waals surface area contributed by atoms with Crippen molar-refractivity contribution >= 4 is 33.5 Å². The van der Waals surface area contributed by atoms with Gasteiger partial charge in [0.2, 0.25) is 5.91 Å². The molecule has 2 aromatic carbocycles. The highest BCUT2D eigenvalue weighted by molar-refractivity contribution is 6.01. The van der Waals surface area contributed by atoms with Crippen molar-refractivity contribution in [3.63, 3.8) is 0 Å². The van der Waals surface area contributed by atoms with E-state index in [-0.39, 0.29) is 12.5 Å². The topological polar surface area (TPSA) is 59.8 Å². The van der Waals surface area contributed by atoms with Crippen LogP contribution in [0.25, 0.3) is 21.9 Å². The molecule has 5 heteroatoms. The lowest BCUT2D eigenvalue weighted by Gasteiger charge is -2.09. The molecular formula is C19H16N4O. The summed E-state index contributed by atoms with van der Waals surface area (Å²) >= 11 is 0. The average Bonchev–Trinajstić information content (AvgIpc) is 2.98. The van der Waals surface area contributed by atoms with Gasteiger partial charge >= 0.3 is 0 Å². The predicted molar refractivity (Wildman–Crippen MR) is 94.8 cm³/mol. The summed E-state index contributed by atoms with van der Waals surface area (Å²) in [5.41, 5.74) is 4.43. The molecule has 0 fully saturated rings. The van der Waals surface area contributed by atoms with Gasteiger partial charge < -0.3 is 9.88 Å². The molecule has 4 rings (SSSR count). The zero-order valence-corrected chi connectivity index (χ0v) is 13.2. The SMILES string of the molecule is Cc1ccc2c(NC(=O)Cn3cnc4ccccc43)cccc2n1. The maximum atomic E-state index is 12.5. The van der Waals surface area contributed by atoms with Gasteiger partial charge in [0, 0.05) is 11.1 Å². The van der Waals surface area contributed by atoms with Crippen LogP contribution in [0.3, 0.4) is 0 Å². The Hall–Kier alpha value is -3.21. The number of carbonyl (C=O) groups is 1. The normalized spacial score (nSPS) is 11.0. The number of aryl methyl sites for hydroxylation is 1. The van der Waals surface area contributed by atoms with Crippen molar-refractivity contribution in [3.05, 3.63) is 66.6 Å². The molecule has 0 spiro atoms. The Morgan fingerprint density at radius 2 is 1.88 bits per heavy atom. The predicted octanol–water partition coefficient (Wildman–Crippen LogP) is 3.53. The van der Waals surface area contributed by atoms with E-state index in [4.69, 9.17) is 0 Å². The van der Waals surface area contributed by atoms with E-state index < -0.39 is 0 Å². The summed E-state index contributed by atoms with van der Waals surface area (Å²) in [5, 5.41) is 3.92. The highest BCUT2D eigenvalue weighted by atomic mass is 16.1. The van der Waals surface area contributed by atoms with Gasteiger partial charge in [0.25, 0.3) is 0 Å². The molecule has 0 aliphatic carbocycles. The molecule has 0 saturated carbocycles. The number of para-hydroxylation sites is 2. The number of hydrogen-bond acceptors (Lipinski definition) is 3. The van der Waals surface area contributed by atoms with Crippen LogP contribution in [0.4, 0.5) is 5.69 Å². The first-order valence-corrected chi connectivity index (χ1v) is 7.77. The maximum absolute atomic E-state index is 12.5. The van der Waals surface area contributed by atoms with Crippen molar-refractivity contribution in [2.45, 2.75) is 13.5 Å². The fraction of sp³-hybridized carbons (Fsp3) is 0.105. The van der Waals surface area contributed by atoms with E-state index in [1.165, 1.54) is 0 Å². The average molecular weight is 316 g/mol. The molecule has 0 radical (unpaired) electrons. The number of fused-ring (bicyclic) bond motifs is 2. The van der Waals surface area contributed by atoms with Crippen molar-refractivity contribution in [1.82, 2.24) is 14.5 Å². The standard InChI is InChI=1S/C19H16N4O/c1-13-9-10-14-15(21-13)6-4-7-16(14)22-19(24)11-23-12-20-17-5-2-3-8-18(17)23/h2-10,12H,11H2,1H3,(H,22,24). The van der Waals surface area contributed by atoms with Gasteiger partial charge in [0.1, 0.15) is 6.54 Å². The first kappa shape index (κ1) is 14.4. The van der Waals surface area contributed by atoms with Gasteiger partial charge in [-0.15, -0.1) is 0 Å². The van der Waals surface area contributed by atoms with Crippen LogP contribution in [0.1, 0.15) is 5.69 Å². The van der Waals surface area contributed by atoms with Gasteiger partial charge in [-0.2, -0.15) is 0 Å². The molecule has 1 amide bonds. The summed E-state index contributed by atoms with van der Waals surface area (Å²) in [6.07, 6.45) is 1.69. The number of pyridine rings is 1. The first-order chi connectivity index (χ1) is 11.7. The second-order valence-electron chi connectivity index (χ2n) is 5.73. The summed E-state index contributed by atoms with van der Waals surface area (Å²) in [5.74, 6) is -0.0915. The molecule has 0 unspecified atom stereocenters. The Morgan fingerprint density at radius 3 is 2.79 bits per heavy atom. The third-order valence-electron chi connectivity index (χ3n) is 3.99. The summed E-state index contributed by atoms with van der Waals surface area (Å²) in [7, 11) is 0. The zero-order chi connectivity index (χ0) is 16.5. The summed E-state index contributed by atoms with van der Waals surface area (Å²) in [6, 6.07) is 17.4. The van der Waals surface area contributed by atoms with Gasteiger partial charge in [0.05, 0.1) is 28.6 Å². The lowest BCUT2D eigenvalue weighted by Crippen LogP contribution is -2.18. The number of nitrogens with one attached hydrogen (secondary N) is 1. The number of imidazole rings is 1. The number of amides is 1. The minimum atomic E-state index is -0.0915. The molecule has 0 bridgehead atoms. The molecule has 24 heavy (non-hydrogen) atoms. The monoisotopic (exact) mass is 316 g/mol. The summed E-state index contributed by atoms with van der Waals surface area (Å²) in [6.45, 7) is 2.17. The lowest BCUT2D eigenvalue weighted by atomic mass is 10.1. The molecular weight excluding hydrogens is 300 g/mol. The summed E-state index contributed by atoms with van der Waals surface area (Å²) < 4.78 is 1.85. The number of hydrogen-bond donors (Lipinski definition) is 1. The van der Waals surface area contributed by atoms with E-state index in [1.807, 2.05) is 66.1 Å². The fourth-order valence-corrected chi connectivity index (χ4v) is 2.85. The van der Waals surface area contributed by atoms with E-state index in [9.17, 15) is 4.79 Å². The van der Waals surface area contributed by atoms with Gasteiger partial charge in [-0.25, -0.2) is 4.98 Å². The number of benzene rings is 2. The molecule has 0 aliphatic rings. The first-order valence-electron chi connectivity index (χ1n) is 7.77. The molecule has 0 aliphatic heterocycles. The lowest BCUT2D eigenvalue weighted by molar-refractivity contribution is -0.116. The Bertz CT molecular complexity index is 1050. The van der Waals surface area contributed by atoms with Crippen molar-refractivity contribution in [3.8, 4) is 0 Å². The number of aromatic nitrogens is 3. The van der Waals surface area contributed by atoms with Crippen LogP contribution in [0, 0.1) is 6.92 Å². The van der Waals surface area contributed by atoms with Crippen molar-refractivity contribution in [1.29, 1.82) is 0 Å². The minimum Gasteiger partial charge on any atom is -0.324 e.